The number of hydrogen-bond donors (Lipinski definition) is 3. The van der Waals surface area contributed by atoms with Gasteiger partial charge in [-0.25, -0.2) is 0 Å². The molecule has 0 radical (unpaired) electrons. The van der Waals surface area contributed by atoms with Gasteiger partial charge in [0.2, 0.25) is 11.8 Å². The highest BCUT2D eigenvalue weighted by molar-refractivity contribution is 5.93. The molecule has 2 rings (SSSR count). The lowest BCUT2D eigenvalue weighted by Gasteiger charge is -2.33. The fourth-order valence-corrected chi connectivity index (χ4v) is 4.17. The van der Waals surface area contributed by atoms with Crippen LogP contribution in [0.4, 0.5) is 0 Å². The zero-order valence-electron chi connectivity index (χ0n) is 22.8. The summed E-state index contributed by atoms with van der Waals surface area (Å²) in [5.74, 6) is -0.733. The summed E-state index contributed by atoms with van der Waals surface area (Å²) in [6, 6.07) is 19.3. The van der Waals surface area contributed by atoms with Crippen molar-refractivity contribution in [1.29, 1.82) is 0 Å². The number of nitrogens with zero attached hydrogens (tertiary/aromatic N) is 2. The van der Waals surface area contributed by atoms with Crippen molar-refractivity contribution in [3.63, 3.8) is 0 Å². The summed E-state index contributed by atoms with van der Waals surface area (Å²) in [6.07, 6.45) is 1.99. The maximum atomic E-state index is 13.7. The molecule has 9 heteroatoms. The van der Waals surface area contributed by atoms with Crippen molar-refractivity contribution in [2.75, 3.05) is 32.7 Å². The molecule has 2 aromatic rings. The Labute approximate surface area is 233 Å². The van der Waals surface area contributed by atoms with Crippen LogP contribution in [0.15, 0.2) is 60.7 Å². The van der Waals surface area contributed by atoms with Crippen molar-refractivity contribution >= 4 is 17.7 Å². The maximum absolute atomic E-state index is 13.7. The Kier molecular flexibility index (Phi) is 14.5. The molecule has 0 saturated heterocycles. The molecule has 0 fully saturated rings. The normalized spacial score (nSPS) is 11.7. The Morgan fingerprint density at radius 1 is 0.868 bits per heavy atom. The molecule has 0 heterocycles. The van der Waals surface area contributed by atoms with E-state index in [0.717, 1.165) is 11.1 Å². The maximum Gasteiger partial charge on any atom is 0.279 e. The summed E-state index contributed by atoms with van der Waals surface area (Å²) in [5.41, 5.74) is 8.85. The Hall–Kier alpha value is -3.07. The highest BCUT2D eigenvalue weighted by Gasteiger charge is 2.36. The molecule has 0 spiro atoms. The van der Waals surface area contributed by atoms with E-state index < -0.39 is 17.5 Å². The molecule has 208 valence electrons. The number of halogens is 1. The number of nitrogens with one attached hydrogen (secondary N) is 1. The lowest BCUT2D eigenvalue weighted by molar-refractivity contribution is -0.403. The highest BCUT2D eigenvalue weighted by Crippen LogP contribution is 2.13. The SMILES string of the molecule is [CH2+]CCN(CC[NH3+])C(=O)CC([NH3+])C(=O)NC(C)(C)C(=O)N(CCc1ccccc1)CCc1ccccc1.[Cl-]. The predicted octanol–water partition coefficient (Wildman–Crippen LogP) is -2.51. The van der Waals surface area contributed by atoms with Gasteiger partial charge in [0.25, 0.3) is 5.91 Å². The second-order valence-electron chi connectivity index (χ2n) is 9.87. The molecule has 7 N–H and O–H groups in total. The van der Waals surface area contributed by atoms with E-state index in [4.69, 9.17) is 0 Å². The topological polar surface area (TPSA) is 125 Å². The molecule has 0 saturated carbocycles. The summed E-state index contributed by atoms with van der Waals surface area (Å²) in [7, 11) is 0. The van der Waals surface area contributed by atoms with E-state index in [1.165, 1.54) is 0 Å². The van der Waals surface area contributed by atoms with Crippen LogP contribution in [0.1, 0.15) is 37.8 Å². The molecule has 8 nitrogen and oxygen atoms in total. The zero-order chi connectivity index (χ0) is 27.3. The minimum absolute atomic E-state index is 0. The second-order valence-corrected chi connectivity index (χ2v) is 9.87. The van der Waals surface area contributed by atoms with Crippen LogP contribution in [0.2, 0.25) is 0 Å². The van der Waals surface area contributed by atoms with Crippen LogP contribution in [0.5, 0.6) is 0 Å². The first-order valence-electron chi connectivity index (χ1n) is 13.1. The van der Waals surface area contributed by atoms with Gasteiger partial charge in [0.1, 0.15) is 12.0 Å². The standard InChI is InChI=1S/C29H41N5O3.ClH/c1-4-18-33(21-17-30)26(35)22-25(31)27(36)32-29(2,3)28(37)34(19-15-23-11-7-5-8-12-23)20-16-24-13-9-6-10-14-24;/h5-14,25H,1,4,15-22,30-31H2,2-3H3;1H/p+2. The first-order chi connectivity index (χ1) is 17.7. The Morgan fingerprint density at radius 2 is 1.37 bits per heavy atom. The smallest absolute Gasteiger partial charge is 0.279 e. The van der Waals surface area contributed by atoms with Gasteiger partial charge in [-0.15, -0.1) is 0 Å². The summed E-state index contributed by atoms with van der Waals surface area (Å²) in [6.45, 7) is 9.91. The molecule has 3 amide bonds. The van der Waals surface area contributed by atoms with Crippen LogP contribution in [-0.2, 0) is 27.2 Å². The van der Waals surface area contributed by atoms with Gasteiger partial charge < -0.3 is 39.0 Å². The summed E-state index contributed by atoms with van der Waals surface area (Å²) >= 11 is 0. The number of quaternary nitrogens is 2. The molecule has 0 aliphatic carbocycles. The van der Waals surface area contributed by atoms with Crippen LogP contribution < -0.4 is 29.2 Å². The third-order valence-corrected chi connectivity index (χ3v) is 6.28. The first-order valence-corrected chi connectivity index (χ1v) is 13.1. The quantitative estimate of drug-likeness (QED) is 0.214. The van der Waals surface area contributed by atoms with Crippen LogP contribution in [0.3, 0.4) is 0 Å². The van der Waals surface area contributed by atoms with E-state index in [9.17, 15) is 14.4 Å². The van der Waals surface area contributed by atoms with Gasteiger partial charge in [-0.1, -0.05) is 60.7 Å². The van der Waals surface area contributed by atoms with Crippen LogP contribution in [0, 0.1) is 6.92 Å². The summed E-state index contributed by atoms with van der Waals surface area (Å²) in [4.78, 5) is 42.8. The second kappa shape index (κ2) is 16.7. The minimum atomic E-state index is -1.15. The number of hydrogen-bond acceptors (Lipinski definition) is 3. The van der Waals surface area contributed by atoms with Crippen molar-refractivity contribution in [1.82, 2.24) is 15.1 Å². The molecule has 0 aliphatic rings. The molecule has 1 unspecified atom stereocenters. The van der Waals surface area contributed by atoms with E-state index in [2.05, 4.69) is 23.7 Å². The average Bonchev–Trinajstić information content (AvgIpc) is 2.89. The minimum Gasteiger partial charge on any atom is -1.00 e. The van der Waals surface area contributed by atoms with Crippen LogP contribution >= 0.6 is 0 Å². The van der Waals surface area contributed by atoms with Crippen molar-refractivity contribution < 1.29 is 38.3 Å². The molecule has 2 aromatic carbocycles. The van der Waals surface area contributed by atoms with E-state index in [-0.39, 0.29) is 30.6 Å². The monoisotopic (exact) mass is 545 g/mol. The number of rotatable bonds is 15. The van der Waals surface area contributed by atoms with Gasteiger partial charge in [-0.3, -0.25) is 14.4 Å². The fraction of sp³-hybridized carbons (Fsp3) is 0.448. The third-order valence-electron chi connectivity index (χ3n) is 6.28. The number of carbonyl (C=O) groups excluding carboxylic acids is 3. The van der Waals surface area contributed by atoms with Crippen molar-refractivity contribution in [2.24, 2.45) is 0 Å². The number of amides is 3. The van der Waals surface area contributed by atoms with Crippen molar-refractivity contribution in [3.8, 4) is 0 Å². The van der Waals surface area contributed by atoms with Crippen LogP contribution in [0.25, 0.3) is 0 Å². The van der Waals surface area contributed by atoms with E-state index >= 15 is 0 Å². The lowest BCUT2D eigenvalue weighted by atomic mass is 10.0. The molecular weight excluding hydrogens is 502 g/mol. The number of benzene rings is 2. The average molecular weight is 546 g/mol. The third kappa shape index (κ3) is 10.7. The Morgan fingerprint density at radius 3 is 1.82 bits per heavy atom. The van der Waals surface area contributed by atoms with Gasteiger partial charge in [-0.05, 0) is 37.8 Å². The molecule has 1 atom stereocenters. The Balaban J connectivity index is 0.00000722. The van der Waals surface area contributed by atoms with E-state index in [1.54, 1.807) is 18.7 Å². The highest BCUT2D eigenvalue weighted by atomic mass is 35.5. The lowest BCUT2D eigenvalue weighted by Crippen LogP contribution is -3.00. The molecule has 0 aliphatic heterocycles. The predicted molar refractivity (Wildman–Crippen MR) is 145 cm³/mol. The summed E-state index contributed by atoms with van der Waals surface area (Å²) in [5, 5.41) is 2.85. The van der Waals surface area contributed by atoms with Crippen molar-refractivity contribution in [3.05, 3.63) is 78.7 Å². The van der Waals surface area contributed by atoms with Gasteiger partial charge in [0.15, 0.2) is 6.04 Å². The largest absolute Gasteiger partial charge is 1.00 e. The van der Waals surface area contributed by atoms with Crippen LogP contribution in [-0.4, -0.2) is 71.8 Å². The Bertz CT molecular complexity index is 939. The molecule has 0 bridgehead atoms. The van der Waals surface area contributed by atoms with Gasteiger partial charge in [-0.2, -0.15) is 0 Å². The number of carbonyl (C=O) groups is 3. The first kappa shape index (κ1) is 33.0. The van der Waals surface area contributed by atoms with Gasteiger partial charge in [0, 0.05) is 13.1 Å². The van der Waals surface area contributed by atoms with E-state index in [0.29, 0.717) is 52.0 Å². The molecule has 0 aromatic heterocycles. The van der Waals surface area contributed by atoms with Crippen molar-refractivity contribution in [2.45, 2.75) is 51.1 Å². The van der Waals surface area contributed by atoms with Gasteiger partial charge >= 0.3 is 0 Å². The molecular formula is C29H44ClN5O3+2. The summed E-state index contributed by atoms with van der Waals surface area (Å²) < 4.78 is 0. The molecule has 38 heavy (non-hydrogen) atoms. The van der Waals surface area contributed by atoms with Gasteiger partial charge in [0.05, 0.1) is 33.0 Å². The fourth-order valence-electron chi connectivity index (χ4n) is 4.17. The van der Waals surface area contributed by atoms with E-state index in [1.807, 2.05) is 65.6 Å². The zero-order valence-corrected chi connectivity index (χ0v) is 23.6.